The Balaban J connectivity index is 2.21. The van der Waals surface area contributed by atoms with Crippen LogP contribution >= 0.6 is 0 Å². The van der Waals surface area contributed by atoms with E-state index in [1.54, 1.807) is 19.4 Å². The highest BCUT2D eigenvalue weighted by atomic mass is 16.5. The quantitative estimate of drug-likeness (QED) is 0.793. The van der Waals surface area contributed by atoms with Crippen LogP contribution in [0, 0.1) is 0 Å². The van der Waals surface area contributed by atoms with Gasteiger partial charge in [-0.2, -0.15) is 0 Å². The summed E-state index contributed by atoms with van der Waals surface area (Å²) < 4.78 is 5.54. The van der Waals surface area contributed by atoms with Crippen molar-refractivity contribution < 1.29 is 9.53 Å². The van der Waals surface area contributed by atoms with Gasteiger partial charge < -0.3 is 10.1 Å². The van der Waals surface area contributed by atoms with Crippen LogP contribution in [0.15, 0.2) is 18.5 Å². The third-order valence-corrected chi connectivity index (χ3v) is 2.55. The molecule has 4 nitrogen and oxygen atoms in total. The number of aromatic nitrogens is 1. The Morgan fingerprint density at radius 1 is 1.60 bits per heavy atom. The molecule has 80 valence electrons. The zero-order chi connectivity index (χ0) is 10.7. The smallest absolute Gasteiger partial charge is 0.252 e. The van der Waals surface area contributed by atoms with Crippen LogP contribution in [0.2, 0.25) is 0 Å². The van der Waals surface area contributed by atoms with E-state index in [0.717, 1.165) is 25.0 Å². The molecular weight excluding hydrogens is 192 g/mol. The maximum atomic E-state index is 11.4. The molecule has 2 heterocycles. The number of hydrogen-bond donors (Lipinski definition) is 1. The van der Waals surface area contributed by atoms with Crippen LogP contribution < -0.4 is 5.32 Å². The zero-order valence-electron chi connectivity index (χ0n) is 8.69. The molecule has 15 heavy (non-hydrogen) atoms. The van der Waals surface area contributed by atoms with Crippen molar-refractivity contribution in [3.8, 4) is 0 Å². The van der Waals surface area contributed by atoms with E-state index in [4.69, 9.17) is 4.74 Å². The largest absolute Gasteiger partial charge is 0.373 e. The Kier molecular flexibility index (Phi) is 2.97. The first kappa shape index (κ1) is 10.1. The molecule has 0 aliphatic carbocycles. The van der Waals surface area contributed by atoms with Crippen LogP contribution in [0.1, 0.15) is 34.9 Å². The van der Waals surface area contributed by atoms with E-state index < -0.39 is 0 Å². The average molecular weight is 206 g/mol. The summed E-state index contributed by atoms with van der Waals surface area (Å²) in [7, 11) is 1.61. The van der Waals surface area contributed by atoms with Gasteiger partial charge in [0.25, 0.3) is 5.91 Å². The Bertz CT molecular complexity index is 359. The van der Waals surface area contributed by atoms with E-state index in [9.17, 15) is 4.79 Å². The van der Waals surface area contributed by atoms with Crippen LogP contribution in [-0.4, -0.2) is 24.5 Å². The van der Waals surface area contributed by atoms with E-state index in [-0.39, 0.29) is 12.0 Å². The number of carbonyl (C=O) groups is 1. The Hall–Kier alpha value is -1.42. The van der Waals surface area contributed by atoms with E-state index in [1.807, 2.05) is 6.07 Å². The third kappa shape index (κ3) is 2.15. The monoisotopic (exact) mass is 206 g/mol. The van der Waals surface area contributed by atoms with Gasteiger partial charge in [0.05, 0.1) is 11.7 Å². The molecule has 0 aromatic carbocycles. The van der Waals surface area contributed by atoms with Crippen molar-refractivity contribution in [1.82, 2.24) is 10.3 Å². The molecule has 1 amide bonds. The van der Waals surface area contributed by atoms with Crippen molar-refractivity contribution in [3.05, 3.63) is 29.6 Å². The second-order valence-electron chi connectivity index (χ2n) is 3.59. The average Bonchev–Trinajstić information content (AvgIpc) is 2.82. The lowest BCUT2D eigenvalue weighted by molar-refractivity contribution is 0.0961. The number of nitrogens with zero attached hydrogens (tertiary/aromatic N) is 1. The maximum Gasteiger partial charge on any atom is 0.252 e. The van der Waals surface area contributed by atoms with Crippen LogP contribution in [0.5, 0.6) is 0 Å². The third-order valence-electron chi connectivity index (χ3n) is 2.55. The fraction of sp³-hybridized carbons (Fsp3) is 0.455. The molecule has 1 aliphatic rings. The fourth-order valence-corrected chi connectivity index (χ4v) is 1.74. The molecule has 1 atom stereocenters. The van der Waals surface area contributed by atoms with Gasteiger partial charge in [0.15, 0.2) is 0 Å². The standard InChI is InChI=1S/C11H14N2O2/c1-12-11(14)9-5-8(6-13-7-9)10-3-2-4-15-10/h5-7,10H,2-4H2,1H3,(H,12,14). The van der Waals surface area contributed by atoms with Crippen LogP contribution in [0.4, 0.5) is 0 Å². The number of nitrogens with one attached hydrogen (secondary N) is 1. The zero-order valence-corrected chi connectivity index (χ0v) is 8.69. The summed E-state index contributed by atoms with van der Waals surface area (Å²) in [5.74, 6) is -0.109. The summed E-state index contributed by atoms with van der Waals surface area (Å²) in [6.45, 7) is 0.800. The minimum absolute atomic E-state index is 0.109. The number of amides is 1. The molecule has 2 rings (SSSR count). The molecule has 1 aromatic heterocycles. The molecular formula is C11H14N2O2. The van der Waals surface area contributed by atoms with Crippen molar-refractivity contribution in [1.29, 1.82) is 0 Å². The van der Waals surface area contributed by atoms with Crippen molar-refractivity contribution in [2.24, 2.45) is 0 Å². The molecule has 1 fully saturated rings. The first-order valence-electron chi connectivity index (χ1n) is 5.10. The molecule has 4 heteroatoms. The Morgan fingerprint density at radius 2 is 2.47 bits per heavy atom. The predicted octanol–water partition coefficient (Wildman–Crippen LogP) is 1.29. The Morgan fingerprint density at radius 3 is 3.13 bits per heavy atom. The fourth-order valence-electron chi connectivity index (χ4n) is 1.74. The maximum absolute atomic E-state index is 11.4. The minimum atomic E-state index is -0.109. The van der Waals surface area contributed by atoms with Gasteiger partial charge in [0.1, 0.15) is 0 Å². The van der Waals surface area contributed by atoms with Gasteiger partial charge in [-0.05, 0) is 24.5 Å². The number of pyridine rings is 1. The number of rotatable bonds is 2. The predicted molar refractivity (Wildman–Crippen MR) is 55.6 cm³/mol. The molecule has 1 aliphatic heterocycles. The number of hydrogen-bond acceptors (Lipinski definition) is 3. The first-order chi connectivity index (χ1) is 7.31. The summed E-state index contributed by atoms with van der Waals surface area (Å²) in [5.41, 5.74) is 1.58. The molecule has 0 saturated carbocycles. The van der Waals surface area contributed by atoms with E-state index in [2.05, 4.69) is 10.3 Å². The molecule has 0 bridgehead atoms. The molecule has 1 saturated heterocycles. The molecule has 0 radical (unpaired) electrons. The van der Waals surface area contributed by atoms with Gasteiger partial charge in [0, 0.05) is 26.0 Å². The first-order valence-corrected chi connectivity index (χ1v) is 5.10. The van der Waals surface area contributed by atoms with Gasteiger partial charge in [-0.1, -0.05) is 0 Å². The van der Waals surface area contributed by atoms with Gasteiger partial charge in [0.2, 0.25) is 0 Å². The van der Waals surface area contributed by atoms with Crippen molar-refractivity contribution >= 4 is 5.91 Å². The Labute approximate surface area is 88.7 Å². The van der Waals surface area contributed by atoms with Crippen LogP contribution in [0.3, 0.4) is 0 Å². The SMILES string of the molecule is CNC(=O)c1cncc(C2CCCO2)c1. The highest BCUT2D eigenvalue weighted by molar-refractivity contribution is 5.93. The van der Waals surface area contributed by atoms with Gasteiger partial charge >= 0.3 is 0 Å². The van der Waals surface area contributed by atoms with Gasteiger partial charge in [-0.15, -0.1) is 0 Å². The highest BCUT2D eigenvalue weighted by Gasteiger charge is 2.18. The number of ether oxygens (including phenoxy) is 1. The minimum Gasteiger partial charge on any atom is -0.373 e. The summed E-state index contributed by atoms with van der Waals surface area (Å²) in [6.07, 6.45) is 5.54. The van der Waals surface area contributed by atoms with Crippen LogP contribution in [-0.2, 0) is 4.74 Å². The molecule has 1 unspecified atom stereocenters. The van der Waals surface area contributed by atoms with Gasteiger partial charge in [-0.3, -0.25) is 9.78 Å². The number of carbonyl (C=O) groups excluding carboxylic acids is 1. The van der Waals surface area contributed by atoms with E-state index in [1.165, 1.54) is 0 Å². The van der Waals surface area contributed by atoms with Gasteiger partial charge in [-0.25, -0.2) is 0 Å². The van der Waals surface area contributed by atoms with Crippen molar-refractivity contribution in [2.75, 3.05) is 13.7 Å². The summed E-state index contributed by atoms with van der Waals surface area (Å²) in [5, 5.41) is 2.58. The lowest BCUT2D eigenvalue weighted by Crippen LogP contribution is -2.18. The summed E-state index contributed by atoms with van der Waals surface area (Å²) in [4.78, 5) is 15.4. The summed E-state index contributed by atoms with van der Waals surface area (Å²) in [6, 6.07) is 1.85. The molecule has 1 aromatic rings. The van der Waals surface area contributed by atoms with E-state index >= 15 is 0 Å². The van der Waals surface area contributed by atoms with Crippen molar-refractivity contribution in [3.63, 3.8) is 0 Å². The summed E-state index contributed by atoms with van der Waals surface area (Å²) >= 11 is 0. The highest BCUT2D eigenvalue weighted by Crippen LogP contribution is 2.28. The second-order valence-corrected chi connectivity index (χ2v) is 3.59. The second kappa shape index (κ2) is 4.40. The van der Waals surface area contributed by atoms with Crippen LogP contribution in [0.25, 0.3) is 0 Å². The lowest BCUT2D eigenvalue weighted by Gasteiger charge is -2.09. The lowest BCUT2D eigenvalue weighted by atomic mass is 10.1. The van der Waals surface area contributed by atoms with Crippen molar-refractivity contribution in [2.45, 2.75) is 18.9 Å². The molecule has 1 N–H and O–H groups in total. The molecule has 0 spiro atoms. The topological polar surface area (TPSA) is 51.2 Å². The van der Waals surface area contributed by atoms with E-state index in [0.29, 0.717) is 5.56 Å². The normalized spacial score (nSPS) is 20.2.